The molecule has 2 aliphatic rings. The van der Waals surface area contributed by atoms with Crippen LogP contribution in [-0.4, -0.2) is 5.78 Å². The topological polar surface area (TPSA) is 17.1 Å². The van der Waals surface area contributed by atoms with Crippen molar-refractivity contribution in [1.82, 2.24) is 0 Å². The summed E-state index contributed by atoms with van der Waals surface area (Å²) in [5.74, 6) is 1.03. The third-order valence-corrected chi connectivity index (χ3v) is 3.96. The lowest BCUT2D eigenvalue weighted by molar-refractivity contribution is 0.0882. The molecule has 1 nitrogen and oxygen atoms in total. The molecule has 2 aliphatic carbocycles. The predicted molar refractivity (Wildman–Crippen MR) is 60.2 cm³/mol. The average molecular weight is 221 g/mol. The molecular weight excluding hydrogens is 208 g/mol. The van der Waals surface area contributed by atoms with Gasteiger partial charge in [0.15, 0.2) is 5.78 Å². The number of rotatable bonds is 3. The molecule has 0 aliphatic heterocycles. The molecule has 1 aromatic rings. The van der Waals surface area contributed by atoms with Gasteiger partial charge >= 0.3 is 0 Å². The van der Waals surface area contributed by atoms with Crippen LogP contribution in [0.1, 0.15) is 36.0 Å². The van der Waals surface area contributed by atoms with Gasteiger partial charge in [-0.3, -0.25) is 4.79 Å². The number of hydrogen-bond donors (Lipinski definition) is 0. The van der Waals surface area contributed by atoms with Gasteiger partial charge in [0.1, 0.15) is 0 Å². The number of ketones is 1. The highest BCUT2D eigenvalue weighted by Crippen LogP contribution is 2.62. The molecule has 0 aromatic heterocycles. The molecule has 0 saturated heterocycles. The Morgan fingerprint density at radius 2 is 1.80 bits per heavy atom. The van der Waals surface area contributed by atoms with Crippen LogP contribution in [0.5, 0.6) is 0 Å². The van der Waals surface area contributed by atoms with E-state index in [0.29, 0.717) is 16.7 Å². The summed E-state index contributed by atoms with van der Waals surface area (Å²) in [5.41, 5.74) is 0.872. The van der Waals surface area contributed by atoms with Crippen molar-refractivity contribution in [3.05, 3.63) is 34.9 Å². The molecule has 0 N–H and O–H groups in total. The van der Waals surface area contributed by atoms with Crippen LogP contribution < -0.4 is 0 Å². The quantitative estimate of drug-likeness (QED) is 0.710. The van der Waals surface area contributed by atoms with Gasteiger partial charge in [-0.1, -0.05) is 11.6 Å². The summed E-state index contributed by atoms with van der Waals surface area (Å²) in [6.45, 7) is 0. The molecule has 0 amide bonds. The van der Waals surface area contributed by atoms with E-state index in [1.54, 1.807) is 12.1 Å². The van der Waals surface area contributed by atoms with Gasteiger partial charge in [0.05, 0.1) is 0 Å². The highest BCUT2D eigenvalue weighted by Gasteiger charge is 2.58. The Hall–Kier alpha value is -0.820. The fraction of sp³-hybridized carbons (Fsp3) is 0.462. The summed E-state index contributed by atoms with van der Waals surface area (Å²) >= 11 is 5.81. The van der Waals surface area contributed by atoms with Gasteiger partial charge in [-0.2, -0.15) is 0 Å². The van der Waals surface area contributed by atoms with Crippen molar-refractivity contribution in [2.24, 2.45) is 11.3 Å². The fourth-order valence-corrected chi connectivity index (χ4v) is 2.61. The van der Waals surface area contributed by atoms with Crippen molar-refractivity contribution in [3.63, 3.8) is 0 Å². The van der Waals surface area contributed by atoms with Gasteiger partial charge in [-0.25, -0.2) is 0 Å². The first-order valence-electron chi connectivity index (χ1n) is 5.53. The SMILES string of the molecule is O=C(c1ccc(Cl)cc1)C1(C2CC2)CC1. The Balaban J connectivity index is 1.88. The van der Waals surface area contributed by atoms with Crippen molar-refractivity contribution in [3.8, 4) is 0 Å². The Morgan fingerprint density at radius 1 is 1.20 bits per heavy atom. The number of benzene rings is 1. The molecule has 0 bridgehead atoms. The second-order valence-corrected chi connectivity index (χ2v) is 5.20. The van der Waals surface area contributed by atoms with Crippen LogP contribution >= 0.6 is 11.6 Å². The fourth-order valence-electron chi connectivity index (χ4n) is 2.48. The summed E-state index contributed by atoms with van der Waals surface area (Å²) < 4.78 is 0. The number of carbonyl (C=O) groups is 1. The first-order valence-corrected chi connectivity index (χ1v) is 5.90. The van der Waals surface area contributed by atoms with Crippen LogP contribution in [-0.2, 0) is 0 Å². The Bertz CT molecular complexity index is 399. The first kappa shape index (κ1) is 9.41. The smallest absolute Gasteiger partial charge is 0.169 e. The minimum absolute atomic E-state index is 0.0355. The maximum absolute atomic E-state index is 12.3. The van der Waals surface area contributed by atoms with Gasteiger partial charge in [-0.15, -0.1) is 0 Å². The second-order valence-electron chi connectivity index (χ2n) is 4.77. The van der Waals surface area contributed by atoms with Crippen molar-refractivity contribution in [2.75, 3.05) is 0 Å². The minimum atomic E-state index is 0.0355. The highest BCUT2D eigenvalue weighted by molar-refractivity contribution is 6.30. The van der Waals surface area contributed by atoms with E-state index >= 15 is 0 Å². The van der Waals surface area contributed by atoms with Crippen LogP contribution in [0.4, 0.5) is 0 Å². The van der Waals surface area contributed by atoms with E-state index in [4.69, 9.17) is 11.6 Å². The Morgan fingerprint density at radius 3 is 2.27 bits per heavy atom. The molecule has 15 heavy (non-hydrogen) atoms. The lowest BCUT2D eigenvalue weighted by Gasteiger charge is -2.12. The van der Waals surface area contributed by atoms with E-state index in [1.165, 1.54) is 12.8 Å². The molecular formula is C13H13ClO. The molecule has 2 fully saturated rings. The van der Waals surface area contributed by atoms with Crippen LogP contribution in [0.2, 0.25) is 5.02 Å². The normalized spacial score (nSPS) is 22.5. The maximum atomic E-state index is 12.3. The van der Waals surface area contributed by atoms with Gasteiger partial charge in [0.25, 0.3) is 0 Å². The van der Waals surface area contributed by atoms with Crippen molar-refractivity contribution < 1.29 is 4.79 Å². The zero-order valence-corrected chi connectivity index (χ0v) is 9.26. The van der Waals surface area contributed by atoms with Crippen molar-refractivity contribution >= 4 is 17.4 Å². The molecule has 0 unspecified atom stereocenters. The van der Waals surface area contributed by atoms with E-state index in [-0.39, 0.29) is 5.41 Å². The van der Waals surface area contributed by atoms with E-state index in [2.05, 4.69) is 0 Å². The molecule has 3 rings (SSSR count). The molecule has 2 saturated carbocycles. The summed E-state index contributed by atoms with van der Waals surface area (Å²) in [4.78, 5) is 12.3. The van der Waals surface area contributed by atoms with Crippen LogP contribution in [0.15, 0.2) is 24.3 Å². The lowest BCUT2D eigenvalue weighted by Crippen LogP contribution is -2.18. The summed E-state index contributed by atoms with van der Waals surface area (Å²) in [5, 5.41) is 0.697. The first-order chi connectivity index (χ1) is 7.22. The largest absolute Gasteiger partial charge is 0.294 e. The van der Waals surface area contributed by atoms with E-state index in [1.807, 2.05) is 12.1 Å². The van der Waals surface area contributed by atoms with Gasteiger partial charge in [0, 0.05) is 16.0 Å². The molecule has 78 valence electrons. The lowest BCUT2D eigenvalue weighted by atomic mass is 9.90. The number of Topliss-reactive ketones (excluding diaryl/α,β-unsaturated/α-hetero) is 1. The monoisotopic (exact) mass is 220 g/mol. The third kappa shape index (κ3) is 1.50. The zero-order chi connectivity index (χ0) is 10.5. The number of hydrogen-bond acceptors (Lipinski definition) is 1. The van der Waals surface area contributed by atoms with Gasteiger partial charge < -0.3 is 0 Å². The van der Waals surface area contributed by atoms with Crippen LogP contribution in [0.3, 0.4) is 0 Å². The van der Waals surface area contributed by atoms with E-state index in [9.17, 15) is 4.79 Å². The summed E-state index contributed by atoms with van der Waals surface area (Å²) in [6.07, 6.45) is 4.69. The minimum Gasteiger partial charge on any atom is -0.294 e. The molecule has 0 radical (unpaired) electrons. The number of carbonyl (C=O) groups excluding carboxylic acids is 1. The number of halogens is 1. The second kappa shape index (κ2) is 3.08. The van der Waals surface area contributed by atoms with Gasteiger partial charge in [-0.05, 0) is 55.9 Å². The Labute approximate surface area is 94.4 Å². The third-order valence-electron chi connectivity index (χ3n) is 3.71. The molecule has 0 spiro atoms. The molecule has 0 heterocycles. The van der Waals surface area contributed by atoms with E-state index in [0.717, 1.165) is 18.4 Å². The van der Waals surface area contributed by atoms with Crippen molar-refractivity contribution in [1.29, 1.82) is 0 Å². The van der Waals surface area contributed by atoms with Crippen molar-refractivity contribution in [2.45, 2.75) is 25.7 Å². The highest BCUT2D eigenvalue weighted by atomic mass is 35.5. The average Bonchev–Trinajstić information content (AvgIpc) is 3.09. The van der Waals surface area contributed by atoms with Gasteiger partial charge in [0.2, 0.25) is 0 Å². The standard InChI is InChI=1S/C13H13ClO/c14-11-5-1-9(2-6-11)12(15)13(7-8-13)10-3-4-10/h1-2,5-6,10H,3-4,7-8H2. The summed E-state index contributed by atoms with van der Waals surface area (Å²) in [6, 6.07) is 7.32. The molecule has 2 heteroatoms. The van der Waals surface area contributed by atoms with Crippen LogP contribution in [0, 0.1) is 11.3 Å². The maximum Gasteiger partial charge on any atom is 0.169 e. The molecule has 1 aromatic carbocycles. The van der Waals surface area contributed by atoms with E-state index < -0.39 is 0 Å². The zero-order valence-electron chi connectivity index (χ0n) is 8.50. The Kier molecular flexibility index (Phi) is 1.93. The molecule has 0 atom stereocenters. The summed E-state index contributed by atoms with van der Waals surface area (Å²) in [7, 11) is 0. The van der Waals surface area contributed by atoms with Crippen LogP contribution in [0.25, 0.3) is 0 Å². The predicted octanol–water partition coefficient (Wildman–Crippen LogP) is 3.71.